The molecule has 1 amide bonds. The molecular weight excluding hydrogens is 310 g/mol. The number of rotatable bonds is 3. The van der Waals surface area contributed by atoms with E-state index in [-0.39, 0.29) is 28.9 Å². The summed E-state index contributed by atoms with van der Waals surface area (Å²) >= 11 is 0. The summed E-state index contributed by atoms with van der Waals surface area (Å²) in [5, 5.41) is 7.59. The molecule has 0 bridgehead atoms. The maximum absolute atomic E-state index is 12.4. The molecule has 126 valence electrons. The molecule has 1 N–H and O–H groups in total. The molecule has 2 aromatic heterocycles. The van der Waals surface area contributed by atoms with Crippen molar-refractivity contribution in [3.8, 4) is 0 Å². The zero-order valence-electron chi connectivity index (χ0n) is 14.2. The van der Waals surface area contributed by atoms with E-state index in [1.165, 1.54) is 7.11 Å². The summed E-state index contributed by atoms with van der Waals surface area (Å²) in [4.78, 5) is 33.6. The number of esters is 1. The van der Waals surface area contributed by atoms with Crippen molar-refractivity contribution in [2.24, 2.45) is 18.0 Å². The summed E-state index contributed by atoms with van der Waals surface area (Å²) in [6, 6.07) is 1.65. The number of amidine groups is 1. The summed E-state index contributed by atoms with van der Waals surface area (Å²) in [5.41, 5.74) is 0.222. The molecule has 3 heterocycles. The lowest BCUT2D eigenvalue weighted by atomic mass is 9.89. The molecule has 3 rings (SSSR count). The van der Waals surface area contributed by atoms with E-state index in [1.807, 2.05) is 13.8 Å². The Morgan fingerprint density at radius 2 is 2.12 bits per heavy atom. The van der Waals surface area contributed by atoms with E-state index in [2.05, 4.69) is 20.4 Å². The highest BCUT2D eigenvalue weighted by atomic mass is 16.5. The number of pyridine rings is 1. The zero-order chi connectivity index (χ0) is 17.6. The minimum atomic E-state index is -0.897. The number of hydrogen-bond acceptors (Lipinski definition) is 6. The second-order valence-electron chi connectivity index (χ2n) is 6.27. The van der Waals surface area contributed by atoms with Crippen molar-refractivity contribution in [1.82, 2.24) is 20.1 Å². The van der Waals surface area contributed by atoms with Gasteiger partial charge in [-0.2, -0.15) is 5.10 Å². The minimum Gasteiger partial charge on any atom is -0.465 e. The number of amides is 1. The fourth-order valence-corrected chi connectivity index (χ4v) is 2.57. The predicted molar refractivity (Wildman–Crippen MR) is 87.8 cm³/mol. The van der Waals surface area contributed by atoms with Gasteiger partial charge in [0.2, 0.25) is 0 Å². The Bertz CT molecular complexity index is 883. The maximum Gasteiger partial charge on any atom is 0.340 e. The van der Waals surface area contributed by atoms with Crippen molar-refractivity contribution in [3.05, 3.63) is 23.5 Å². The average Bonchev–Trinajstić information content (AvgIpc) is 3.07. The molecule has 0 saturated heterocycles. The first-order valence-corrected chi connectivity index (χ1v) is 7.60. The van der Waals surface area contributed by atoms with Crippen LogP contribution in [0.2, 0.25) is 0 Å². The van der Waals surface area contributed by atoms with E-state index in [1.54, 1.807) is 30.9 Å². The number of nitrogens with one attached hydrogen (secondary N) is 1. The van der Waals surface area contributed by atoms with Crippen LogP contribution in [0.25, 0.3) is 11.0 Å². The molecule has 0 fully saturated rings. The van der Waals surface area contributed by atoms with Crippen LogP contribution in [-0.4, -0.2) is 45.1 Å². The molecule has 24 heavy (non-hydrogen) atoms. The van der Waals surface area contributed by atoms with Gasteiger partial charge in [0.05, 0.1) is 18.9 Å². The fraction of sp³-hybridized carbons (Fsp3) is 0.438. The Balaban J connectivity index is 2.23. The van der Waals surface area contributed by atoms with Crippen molar-refractivity contribution in [1.29, 1.82) is 0 Å². The van der Waals surface area contributed by atoms with E-state index in [0.29, 0.717) is 11.0 Å². The van der Waals surface area contributed by atoms with E-state index in [4.69, 9.17) is 4.74 Å². The normalized spacial score (nSPS) is 20.4. The highest BCUT2D eigenvalue weighted by molar-refractivity contribution is 6.18. The summed E-state index contributed by atoms with van der Waals surface area (Å²) < 4.78 is 6.44. The Hall–Kier alpha value is -2.77. The number of aliphatic imine (C=N–C) groups is 1. The monoisotopic (exact) mass is 329 g/mol. The van der Waals surface area contributed by atoms with Gasteiger partial charge in [-0.3, -0.25) is 9.48 Å². The van der Waals surface area contributed by atoms with Crippen molar-refractivity contribution in [2.75, 3.05) is 7.11 Å². The third-order valence-corrected chi connectivity index (χ3v) is 4.50. The van der Waals surface area contributed by atoms with Crippen LogP contribution in [-0.2, 0) is 16.6 Å². The molecule has 8 heteroatoms. The van der Waals surface area contributed by atoms with Crippen LogP contribution in [0.1, 0.15) is 36.8 Å². The van der Waals surface area contributed by atoms with Crippen molar-refractivity contribution in [2.45, 2.75) is 26.3 Å². The summed E-state index contributed by atoms with van der Waals surface area (Å²) in [6.07, 6.45) is 1.62. The maximum atomic E-state index is 12.4. The van der Waals surface area contributed by atoms with Crippen molar-refractivity contribution in [3.63, 3.8) is 0 Å². The molecule has 0 radical (unpaired) electrons. The Labute approximate surface area is 138 Å². The van der Waals surface area contributed by atoms with E-state index in [0.717, 1.165) is 0 Å². The van der Waals surface area contributed by atoms with Crippen LogP contribution < -0.4 is 5.32 Å². The lowest BCUT2D eigenvalue weighted by molar-refractivity contribution is -0.124. The second kappa shape index (κ2) is 5.40. The Kier molecular flexibility index (Phi) is 3.62. The number of aromatic nitrogens is 3. The number of carbonyl (C=O) groups excluding carboxylic acids is 2. The average molecular weight is 329 g/mol. The zero-order valence-corrected chi connectivity index (χ0v) is 14.2. The van der Waals surface area contributed by atoms with Gasteiger partial charge < -0.3 is 10.1 Å². The highest BCUT2D eigenvalue weighted by Crippen LogP contribution is 2.28. The third-order valence-electron chi connectivity index (χ3n) is 4.50. The van der Waals surface area contributed by atoms with Crippen LogP contribution in [0, 0.1) is 5.92 Å². The van der Waals surface area contributed by atoms with Crippen molar-refractivity contribution >= 4 is 28.7 Å². The first-order valence-electron chi connectivity index (χ1n) is 7.60. The molecule has 0 aromatic carbocycles. The molecule has 1 aliphatic rings. The molecule has 0 spiro atoms. The first kappa shape index (κ1) is 16.1. The largest absolute Gasteiger partial charge is 0.465 e. The lowest BCUT2D eigenvalue weighted by Crippen LogP contribution is -2.41. The van der Waals surface area contributed by atoms with Crippen LogP contribution in [0.3, 0.4) is 0 Å². The Morgan fingerprint density at radius 1 is 1.42 bits per heavy atom. The molecule has 2 aromatic rings. The van der Waals surface area contributed by atoms with Gasteiger partial charge in [0.1, 0.15) is 11.2 Å². The smallest absolute Gasteiger partial charge is 0.340 e. The van der Waals surface area contributed by atoms with Crippen LogP contribution in [0.5, 0.6) is 0 Å². The van der Waals surface area contributed by atoms with Crippen LogP contribution in [0.4, 0.5) is 0 Å². The van der Waals surface area contributed by atoms with Gasteiger partial charge in [-0.1, -0.05) is 13.8 Å². The second-order valence-corrected chi connectivity index (χ2v) is 6.27. The van der Waals surface area contributed by atoms with Gasteiger partial charge >= 0.3 is 5.97 Å². The van der Waals surface area contributed by atoms with Gasteiger partial charge in [-0.15, -0.1) is 0 Å². The minimum absolute atomic E-state index is 0.00277. The summed E-state index contributed by atoms with van der Waals surface area (Å²) in [7, 11) is 3.05. The molecule has 8 nitrogen and oxygen atoms in total. The van der Waals surface area contributed by atoms with Gasteiger partial charge in [0.15, 0.2) is 11.5 Å². The number of carbonyl (C=O) groups is 2. The lowest BCUT2D eigenvalue weighted by Gasteiger charge is -2.21. The highest BCUT2D eigenvalue weighted by Gasteiger charge is 2.43. The molecule has 0 aliphatic carbocycles. The number of aryl methyl sites for hydroxylation is 1. The number of hydrogen-bond donors (Lipinski definition) is 1. The molecular formula is C16H19N5O3. The van der Waals surface area contributed by atoms with Crippen LogP contribution >= 0.6 is 0 Å². The molecule has 1 aliphatic heterocycles. The molecule has 1 unspecified atom stereocenters. The van der Waals surface area contributed by atoms with Gasteiger partial charge in [0, 0.05) is 12.4 Å². The predicted octanol–water partition coefficient (Wildman–Crippen LogP) is 1.05. The standard InChI is InChI=1S/C16H19N5O3/c1-8(2)16(3)15(23)19-12(20-16)11-10(14(22)24-5)6-9-7-17-21(4)13(9)18-11/h6-8H,1-5H3,(H,19,20,23). The molecule has 0 saturated carbocycles. The van der Waals surface area contributed by atoms with Gasteiger partial charge in [0.25, 0.3) is 5.91 Å². The van der Waals surface area contributed by atoms with Crippen LogP contribution in [0.15, 0.2) is 17.3 Å². The number of methoxy groups -OCH3 is 1. The SMILES string of the molecule is COC(=O)c1cc2cnn(C)c2nc1C1=NC(C)(C(C)C)C(=O)N1. The van der Waals surface area contributed by atoms with Gasteiger partial charge in [-0.25, -0.2) is 14.8 Å². The topological polar surface area (TPSA) is 98.5 Å². The molecule has 1 atom stereocenters. The van der Waals surface area contributed by atoms with Gasteiger partial charge in [-0.05, 0) is 18.9 Å². The Morgan fingerprint density at radius 3 is 2.71 bits per heavy atom. The van der Waals surface area contributed by atoms with E-state index < -0.39 is 11.5 Å². The first-order chi connectivity index (χ1) is 11.3. The number of nitrogens with zero attached hydrogens (tertiary/aromatic N) is 4. The quantitative estimate of drug-likeness (QED) is 0.849. The number of ether oxygens (including phenoxy) is 1. The summed E-state index contributed by atoms with van der Waals surface area (Å²) in [6.45, 7) is 5.61. The fourth-order valence-electron chi connectivity index (χ4n) is 2.57. The van der Waals surface area contributed by atoms with Crippen molar-refractivity contribution < 1.29 is 14.3 Å². The number of fused-ring (bicyclic) bond motifs is 1. The third kappa shape index (κ3) is 2.26. The summed E-state index contributed by atoms with van der Waals surface area (Å²) in [5.74, 6) is -0.481. The van der Waals surface area contributed by atoms with E-state index >= 15 is 0 Å². The van der Waals surface area contributed by atoms with E-state index in [9.17, 15) is 9.59 Å².